The zero-order valence-electron chi connectivity index (χ0n) is 8.91. The van der Waals surface area contributed by atoms with Crippen molar-refractivity contribution in [3.8, 4) is 11.6 Å². The third kappa shape index (κ3) is 2.64. The molecule has 0 amide bonds. The molecule has 1 aromatic carbocycles. The lowest BCUT2D eigenvalue weighted by Gasteiger charge is -2.05. The van der Waals surface area contributed by atoms with Crippen molar-refractivity contribution < 1.29 is 9.66 Å². The Morgan fingerprint density at radius 3 is 2.61 bits per heavy atom. The van der Waals surface area contributed by atoms with Crippen LogP contribution in [0.1, 0.15) is 0 Å². The van der Waals surface area contributed by atoms with Gasteiger partial charge in [0.1, 0.15) is 11.6 Å². The Hall–Kier alpha value is -2.41. The van der Waals surface area contributed by atoms with Crippen LogP contribution in [0.3, 0.4) is 0 Å². The van der Waals surface area contributed by atoms with Gasteiger partial charge in [0.15, 0.2) is 0 Å². The first-order chi connectivity index (χ1) is 8.56. The summed E-state index contributed by atoms with van der Waals surface area (Å²) in [5, 5.41) is 17.9. The van der Waals surface area contributed by atoms with Crippen molar-refractivity contribution in [2.75, 3.05) is 5.73 Å². The van der Waals surface area contributed by atoms with E-state index < -0.39 is 4.92 Å². The fourth-order valence-electron chi connectivity index (χ4n) is 1.18. The van der Waals surface area contributed by atoms with Crippen LogP contribution in [0.25, 0.3) is 0 Å². The predicted molar refractivity (Wildman–Crippen MR) is 64.6 cm³/mol. The number of anilines is 1. The molecule has 0 bridgehead atoms. The molecule has 0 atom stereocenters. The van der Waals surface area contributed by atoms with Gasteiger partial charge in [-0.25, -0.2) is 0 Å². The molecule has 2 aromatic rings. The fraction of sp³-hybridized carbons (Fsp3) is 0. The Morgan fingerprint density at radius 2 is 2.06 bits per heavy atom. The second kappa shape index (κ2) is 4.84. The SMILES string of the molecule is Nc1ccc(Oc2ccc([N+](=O)[O-])cc2Cl)nn1. The highest BCUT2D eigenvalue weighted by atomic mass is 35.5. The number of nitrogen functional groups attached to an aromatic ring is 1. The van der Waals surface area contributed by atoms with Gasteiger partial charge in [0.05, 0.1) is 9.95 Å². The normalized spacial score (nSPS) is 10.1. The summed E-state index contributed by atoms with van der Waals surface area (Å²) in [6.45, 7) is 0. The van der Waals surface area contributed by atoms with E-state index in [1.54, 1.807) is 0 Å². The first-order valence-electron chi connectivity index (χ1n) is 4.77. The number of benzene rings is 1. The molecule has 2 N–H and O–H groups in total. The summed E-state index contributed by atoms with van der Waals surface area (Å²) in [6.07, 6.45) is 0. The van der Waals surface area contributed by atoms with Crippen LogP contribution in [0.5, 0.6) is 11.6 Å². The number of aromatic nitrogens is 2. The Morgan fingerprint density at radius 1 is 1.28 bits per heavy atom. The lowest BCUT2D eigenvalue weighted by atomic mass is 10.3. The minimum absolute atomic E-state index is 0.114. The highest BCUT2D eigenvalue weighted by Gasteiger charge is 2.11. The number of ether oxygens (including phenoxy) is 1. The molecular weight excluding hydrogens is 260 g/mol. The lowest BCUT2D eigenvalue weighted by molar-refractivity contribution is -0.384. The largest absolute Gasteiger partial charge is 0.436 e. The summed E-state index contributed by atoms with van der Waals surface area (Å²) in [5.41, 5.74) is 5.26. The third-order valence-electron chi connectivity index (χ3n) is 2.00. The highest BCUT2D eigenvalue weighted by Crippen LogP contribution is 2.31. The smallest absolute Gasteiger partial charge is 0.271 e. The molecule has 8 heteroatoms. The van der Waals surface area contributed by atoms with Crippen LogP contribution in [0.15, 0.2) is 30.3 Å². The van der Waals surface area contributed by atoms with Crippen molar-refractivity contribution in [2.45, 2.75) is 0 Å². The standard InChI is InChI=1S/C10H7ClN4O3/c11-7-5-6(15(16)17)1-2-8(7)18-10-4-3-9(12)13-14-10/h1-5H,(H2,12,13). The van der Waals surface area contributed by atoms with Gasteiger partial charge in [-0.1, -0.05) is 11.6 Å². The quantitative estimate of drug-likeness (QED) is 0.676. The Balaban J connectivity index is 2.24. The molecular formula is C10H7ClN4O3. The first-order valence-corrected chi connectivity index (χ1v) is 5.15. The molecule has 18 heavy (non-hydrogen) atoms. The van der Waals surface area contributed by atoms with Crippen molar-refractivity contribution >= 4 is 23.1 Å². The van der Waals surface area contributed by atoms with E-state index in [1.807, 2.05) is 0 Å². The van der Waals surface area contributed by atoms with Gasteiger partial charge < -0.3 is 10.5 Å². The maximum Gasteiger partial charge on any atom is 0.271 e. The number of non-ortho nitro benzene ring substituents is 1. The van der Waals surface area contributed by atoms with Gasteiger partial charge in [-0.05, 0) is 12.1 Å². The first kappa shape index (κ1) is 12.1. The Kier molecular flexibility index (Phi) is 3.24. The predicted octanol–water partition coefficient (Wildman–Crippen LogP) is 2.41. The zero-order valence-corrected chi connectivity index (χ0v) is 9.66. The molecule has 1 heterocycles. The number of rotatable bonds is 3. The summed E-state index contributed by atoms with van der Waals surface area (Å²) in [4.78, 5) is 9.99. The number of hydrogen-bond donors (Lipinski definition) is 1. The van der Waals surface area contributed by atoms with Crippen LogP contribution in [-0.4, -0.2) is 15.1 Å². The van der Waals surface area contributed by atoms with E-state index in [0.29, 0.717) is 0 Å². The Bertz CT molecular complexity index is 588. The topological polar surface area (TPSA) is 104 Å². The molecule has 0 aliphatic heterocycles. The van der Waals surface area contributed by atoms with E-state index in [-0.39, 0.29) is 28.2 Å². The van der Waals surface area contributed by atoms with Crippen LogP contribution < -0.4 is 10.5 Å². The maximum atomic E-state index is 10.5. The minimum atomic E-state index is -0.543. The van der Waals surface area contributed by atoms with Crippen LogP contribution in [0.4, 0.5) is 11.5 Å². The number of hydrogen-bond acceptors (Lipinski definition) is 6. The zero-order chi connectivity index (χ0) is 13.1. The van der Waals surface area contributed by atoms with E-state index >= 15 is 0 Å². The molecule has 0 unspecified atom stereocenters. The van der Waals surface area contributed by atoms with Gasteiger partial charge in [-0.15, -0.1) is 10.2 Å². The monoisotopic (exact) mass is 266 g/mol. The molecule has 0 saturated carbocycles. The number of nitro benzene ring substituents is 1. The molecule has 0 saturated heterocycles. The van der Waals surface area contributed by atoms with Gasteiger partial charge >= 0.3 is 0 Å². The summed E-state index contributed by atoms with van der Waals surface area (Å²) < 4.78 is 5.32. The van der Waals surface area contributed by atoms with Crippen LogP contribution in [0.2, 0.25) is 5.02 Å². The molecule has 2 rings (SSSR count). The average Bonchev–Trinajstić information content (AvgIpc) is 2.34. The van der Waals surface area contributed by atoms with E-state index in [4.69, 9.17) is 22.1 Å². The van der Waals surface area contributed by atoms with Crippen molar-refractivity contribution in [3.05, 3.63) is 45.5 Å². The number of halogens is 1. The summed E-state index contributed by atoms with van der Waals surface area (Å²) in [6, 6.07) is 6.90. The van der Waals surface area contributed by atoms with Gasteiger partial charge in [-0.2, -0.15) is 0 Å². The van der Waals surface area contributed by atoms with Crippen molar-refractivity contribution in [2.24, 2.45) is 0 Å². The Labute approximate surface area is 106 Å². The second-order valence-electron chi connectivity index (χ2n) is 3.27. The van der Waals surface area contributed by atoms with E-state index in [2.05, 4.69) is 10.2 Å². The molecule has 0 radical (unpaired) electrons. The van der Waals surface area contributed by atoms with Crippen LogP contribution >= 0.6 is 11.6 Å². The van der Waals surface area contributed by atoms with E-state index in [9.17, 15) is 10.1 Å². The molecule has 92 valence electrons. The lowest BCUT2D eigenvalue weighted by Crippen LogP contribution is -1.95. The van der Waals surface area contributed by atoms with Crippen molar-refractivity contribution in [1.82, 2.24) is 10.2 Å². The van der Waals surface area contributed by atoms with Crippen LogP contribution in [-0.2, 0) is 0 Å². The summed E-state index contributed by atoms with van der Waals surface area (Å²) in [5.74, 6) is 0.707. The summed E-state index contributed by atoms with van der Waals surface area (Å²) in [7, 11) is 0. The second-order valence-corrected chi connectivity index (χ2v) is 3.68. The van der Waals surface area contributed by atoms with Crippen molar-refractivity contribution in [1.29, 1.82) is 0 Å². The number of nitrogens with zero attached hydrogens (tertiary/aromatic N) is 3. The molecule has 1 aromatic heterocycles. The maximum absolute atomic E-state index is 10.5. The molecule has 0 fully saturated rings. The molecule has 0 aliphatic carbocycles. The average molecular weight is 267 g/mol. The molecule has 7 nitrogen and oxygen atoms in total. The van der Waals surface area contributed by atoms with Gasteiger partial charge in [-0.3, -0.25) is 10.1 Å². The highest BCUT2D eigenvalue weighted by molar-refractivity contribution is 6.32. The fourth-order valence-corrected chi connectivity index (χ4v) is 1.40. The number of nitro groups is 1. The minimum Gasteiger partial charge on any atom is -0.436 e. The van der Waals surface area contributed by atoms with Gasteiger partial charge in [0.2, 0.25) is 5.88 Å². The molecule has 0 aliphatic rings. The summed E-state index contributed by atoms with van der Waals surface area (Å²) >= 11 is 5.85. The van der Waals surface area contributed by atoms with Gasteiger partial charge in [0, 0.05) is 18.2 Å². The van der Waals surface area contributed by atoms with E-state index in [0.717, 1.165) is 0 Å². The van der Waals surface area contributed by atoms with Crippen LogP contribution in [0, 0.1) is 10.1 Å². The third-order valence-corrected chi connectivity index (χ3v) is 2.30. The van der Waals surface area contributed by atoms with Gasteiger partial charge in [0.25, 0.3) is 5.69 Å². The van der Waals surface area contributed by atoms with E-state index in [1.165, 1.54) is 30.3 Å². The molecule has 0 spiro atoms. The number of nitrogens with two attached hydrogens (primary N) is 1. The van der Waals surface area contributed by atoms with Crippen molar-refractivity contribution in [3.63, 3.8) is 0 Å².